The van der Waals surface area contributed by atoms with Gasteiger partial charge >= 0.3 is 0 Å². The number of ether oxygens (including phenoxy) is 1. The van der Waals surface area contributed by atoms with Crippen LogP contribution >= 0.6 is 0 Å². The predicted octanol–water partition coefficient (Wildman–Crippen LogP) is 5.45. The minimum absolute atomic E-state index is 0.740. The summed E-state index contributed by atoms with van der Waals surface area (Å²) in [4.78, 5) is 9.19. The SMILES string of the molecule is CCCCCCc1ccnc(-c2ccccc2OCCCC)n1. The van der Waals surface area contributed by atoms with Crippen LogP contribution in [0.25, 0.3) is 11.4 Å². The summed E-state index contributed by atoms with van der Waals surface area (Å²) in [6.45, 7) is 5.14. The van der Waals surface area contributed by atoms with Crippen LogP contribution in [0.15, 0.2) is 36.5 Å². The number of hydrogen-bond acceptors (Lipinski definition) is 3. The normalized spacial score (nSPS) is 10.7. The van der Waals surface area contributed by atoms with Gasteiger partial charge in [0.2, 0.25) is 0 Å². The van der Waals surface area contributed by atoms with Gasteiger partial charge in [-0.3, -0.25) is 0 Å². The van der Waals surface area contributed by atoms with Gasteiger partial charge in [0, 0.05) is 11.9 Å². The summed E-state index contributed by atoms with van der Waals surface area (Å²) < 4.78 is 5.90. The summed E-state index contributed by atoms with van der Waals surface area (Å²) in [5, 5.41) is 0. The molecule has 1 aromatic carbocycles. The fourth-order valence-electron chi connectivity index (χ4n) is 2.50. The lowest BCUT2D eigenvalue weighted by atomic mass is 10.1. The summed E-state index contributed by atoms with van der Waals surface area (Å²) in [6.07, 6.45) is 10.1. The van der Waals surface area contributed by atoms with Crippen molar-refractivity contribution in [1.82, 2.24) is 9.97 Å². The smallest absolute Gasteiger partial charge is 0.163 e. The van der Waals surface area contributed by atoms with Gasteiger partial charge in [0.1, 0.15) is 5.75 Å². The van der Waals surface area contributed by atoms with Gasteiger partial charge in [0.25, 0.3) is 0 Å². The van der Waals surface area contributed by atoms with Gasteiger partial charge in [0.15, 0.2) is 5.82 Å². The Morgan fingerprint density at radius 1 is 0.913 bits per heavy atom. The van der Waals surface area contributed by atoms with Crippen molar-refractivity contribution >= 4 is 0 Å². The molecular formula is C20H28N2O. The van der Waals surface area contributed by atoms with E-state index < -0.39 is 0 Å². The molecule has 124 valence electrons. The first-order valence-electron chi connectivity index (χ1n) is 8.89. The highest BCUT2D eigenvalue weighted by Crippen LogP contribution is 2.27. The first-order chi connectivity index (χ1) is 11.3. The number of unbranched alkanes of at least 4 members (excludes halogenated alkanes) is 4. The zero-order valence-corrected chi connectivity index (χ0v) is 14.4. The molecule has 0 spiro atoms. The minimum Gasteiger partial charge on any atom is -0.493 e. The molecule has 0 saturated heterocycles. The van der Waals surface area contributed by atoms with E-state index in [0.29, 0.717) is 0 Å². The molecule has 0 amide bonds. The Hall–Kier alpha value is -1.90. The van der Waals surface area contributed by atoms with E-state index in [1.165, 1.54) is 25.7 Å². The highest BCUT2D eigenvalue weighted by Gasteiger charge is 2.09. The van der Waals surface area contributed by atoms with E-state index in [0.717, 1.165) is 48.7 Å². The maximum absolute atomic E-state index is 5.90. The zero-order valence-electron chi connectivity index (χ0n) is 14.4. The Labute approximate surface area is 140 Å². The van der Waals surface area contributed by atoms with Gasteiger partial charge in [-0.15, -0.1) is 0 Å². The van der Waals surface area contributed by atoms with E-state index in [4.69, 9.17) is 9.72 Å². The van der Waals surface area contributed by atoms with E-state index in [2.05, 4.69) is 18.8 Å². The van der Waals surface area contributed by atoms with E-state index in [1.807, 2.05) is 36.5 Å². The van der Waals surface area contributed by atoms with Crippen molar-refractivity contribution in [1.29, 1.82) is 0 Å². The molecular weight excluding hydrogens is 284 g/mol. The molecule has 0 atom stereocenters. The second-order valence-electron chi connectivity index (χ2n) is 5.88. The van der Waals surface area contributed by atoms with Crippen LogP contribution in [0.3, 0.4) is 0 Å². The molecule has 0 aliphatic rings. The number of aromatic nitrogens is 2. The van der Waals surface area contributed by atoms with Crippen LogP contribution in [0.1, 0.15) is 58.1 Å². The molecule has 0 aliphatic carbocycles. The largest absolute Gasteiger partial charge is 0.493 e. The molecule has 0 aliphatic heterocycles. The summed E-state index contributed by atoms with van der Waals surface area (Å²) in [7, 11) is 0. The molecule has 1 aromatic heterocycles. The highest BCUT2D eigenvalue weighted by atomic mass is 16.5. The van der Waals surface area contributed by atoms with E-state index in [-0.39, 0.29) is 0 Å². The Bertz CT molecular complexity index is 583. The van der Waals surface area contributed by atoms with Crippen LogP contribution < -0.4 is 4.74 Å². The Morgan fingerprint density at radius 3 is 2.57 bits per heavy atom. The standard InChI is InChI=1S/C20H28N2O/c1-3-5-7-8-11-17-14-15-21-20(22-17)18-12-9-10-13-19(18)23-16-6-4-2/h9-10,12-15H,3-8,11,16H2,1-2H3. The van der Waals surface area contributed by atoms with Crippen LogP contribution in [-0.4, -0.2) is 16.6 Å². The van der Waals surface area contributed by atoms with Crippen molar-refractivity contribution in [3.8, 4) is 17.1 Å². The van der Waals surface area contributed by atoms with E-state index in [9.17, 15) is 0 Å². The first-order valence-corrected chi connectivity index (χ1v) is 8.89. The second kappa shape index (κ2) is 9.98. The lowest BCUT2D eigenvalue weighted by Gasteiger charge is -2.11. The van der Waals surface area contributed by atoms with Crippen LogP contribution in [-0.2, 0) is 6.42 Å². The number of para-hydroxylation sites is 1. The van der Waals surface area contributed by atoms with Crippen molar-refractivity contribution in [2.45, 2.75) is 58.8 Å². The number of rotatable bonds is 10. The molecule has 0 bridgehead atoms. The van der Waals surface area contributed by atoms with Gasteiger partial charge in [-0.25, -0.2) is 9.97 Å². The van der Waals surface area contributed by atoms with E-state index in [1.54, 1.807) is 0 Å². The minimum atomic E-state index is 0.740. The van der Waals surface area contributed by atoms with Gasteiger partial charge in [-0.2, -0.15) is 0 Å². The molecule has 3 heteroatoms. The molecule has 0 saturated carbocycles. The van der Waals surface area contributed by atoms with E-state index >= 15 is 0 Å². The van der Waals surface area contributed by atoms with Crippen LogP contribution in [0.2, 0.25) is 0 Å². The second-order valence-corrected chi connectivity index (χ2v) is 5.88. The first kappa shape index (κ1) is 17.5. The predicted molar refractivity (Wildman–Crippen MR) is 95.7 cm³/mol. The molecule has 3 nitrogen and oxygen atoms in total. The average Bonchev–Trinajstić information content (AvgIpc) is 2.60. The summed E-state index contributed by atoms with van der Waals surface area (Å²) in [5.41, 5.74) is 2.11. The Kier molecular flexibility index (Phi) is 7.58. The third-order valence-electron chi connectivity index (χ3n) is 3.88. The summed E-state index contributed by atoms with van der Waals surface area (Å²) in [5.74, 6) is 1.65. The molecule has 0 unspecified atom stereocenters. The van der Waals surface area contributed by atoms with Crippen molar-refractivity contribution in [3.63, 3.8) is 0 Å². The average molecular weight is 312 g/mol. The Morgan fingerprint density at radius 2 is 1.74 bits per heavy atom. The molecule has 23 heavy (non-hydrogen) atoms. The van der Waals surface area contributed by atoms with Crippen LogP contribution in [0.4, 0.5) is 0 Å². The molecule has 1 heterocycles. The van der Waals surface area contributed by atoms with Gasteiger partial charge in [-0.05, 0) is 37.5 Å². The van der Waals surface area contributed by atoms with Crippen molar-refractivity contribution in [2.75, 3.05) is 6.61 Å². The fourth-order valence-corrected chi connectivity index (χ4v) is 2.50. The summed E-state index contributed by atoms with van der Waals surface area (Å²) >= 11 is 0. The fraction of sp³-hybridized carbons (Fsp3) is 0.500. The third-order valence-corrected chi connectivity index (χ3v) is 3.88. The highest BCUT2D eigenvalue weighted by molar-refractivity contribution is 5.63. The zero-order chi connectivity index (χ0) is 16.3. The van der Waals surface area contributed by atoms with Gasteiger partial charge in [-0.1, -0.05) is 51.7 Å². The quantitative estimate of drug-likeness (QED) is 0.547. The maximum Gasteiger partial charge on any atom is 0.163 e. The number of aryl methyl sites for hydroxylation is 1. The van der Waals surface area contributed by atoms with Crippen molar-refractivity contribution < 1.29 is 4.74 Å². The Balaban J connectivity index is 2.08. The van der Waals surface area contributed by atoms with Crippen LogP contribution in [0, 0.1) is 0 Å². The number of nitrogens with zero attached hydrogens (tertiary/aromatic N) is 2. The maximum atomic E-state index is 5.90. The molecule has 0 fully saturated rings. The van der Waals surface area contributed by atoms with Crippen molar-refractivity contribution in [3.05, 3.63) is 42.2 Å². The number of benzene rings is 1. The molecule has 0 N–H and O–H groups in total. The van der Waals surface area contributed by atoms with Crippen molar-refractivity contribution in [2.24, 2.45) is 0 Å². The molecule has 2 rings (SSSR count). The summed E-state index contributed by atoms with van der Waals surface area (Å²) in [6, 6.07) is 10.1. The molecule has 2 aromatic rings. The monoisotopic (exact) mass is 312 g/mol. The van der Waals surface area contributed by atoms with Gasteiger partial charge < -0.3 is 4.74 Å². The lowest BCUT2D eigenvalue weighted by molar-refractivity contribution is 0.310. The van der Waals surface area contributed by atoms with Gasteiger partial charge in [0.05, 0.1) is 12.2 Å². The number of hydrogen-bond donors (Lipinski definition) is 0. The van der Waals surface area contributed by atoms with Crippen LogP contribution in [0.5, 0.6) is 5.75 Å². The topological polar surface area (TPSA) is 35.0 Å². The third kappa shape index (κ3) is 5.66. The lowest BCUT2D eigenvalue weighted by Crippen LogP contribution is -2.00. The molecule has 0 radical (unpaired) electrons.